The minimum absolute atomic E-state index is 0. The van der Waals surface area contributed by atoms with Crippen molar-refractivity contribution in [3.05, 3.63) is 35.6 Å². The van der Waals surface area contributed by atoms with Crippen molar-refractivity contribution in [1.82, 2.24) is 9.80 Å². The zero-order valence-electron chi connectivity index (χ0n) is 16.3. The molecule has 152 valence electrons. The number of rotatable bonds is 6. The minimum atomic E-state index is -0.0740. The third-order valence-electron chi connectivity index (χ3n) is 5.76. The summed E-state index contributed by atoms with van der Waals surface area (Å²) in [5.41, 5.74) is 1.11. The predicted molar refractivity (Wildman–Crippen MR) is 113 cm³/mol. The van der Waals surface area contributed by atoms with Crippen LogP contribution in [0.15, 0.2) is 28.7 Å². The Kier molecular flexibility index (Phi) is 7.27. The van der Waals surface area contributed by atoms with Crippen LogP contribution >= 0.6 is 12.4 Å². The van der Waals surface area contributed by atoms with E-state index >= 15 is 0 Å². The van der Waals surface area contributed by atoms with E-state index in [0.717, 1.165) is 57.2 Å². The highest BCUT2D eigenvalue weighted by Crippen LogP contribution is 2.28. The van der Waals surface area contributed by atoms with Crippen LogP contribution in [0.3, 0.4) is 0 Å². The second-order valence-electron chi connectivity index (χ2n) is 7.82. The van der Waals surface area contributed by atoms with Crippen molar-refractivity contribution in [1.29, 1.82) is 0 Å². The first-order valence-electron chi connectivity index (χ1n) is 10.2. The maximum atomic E-state index is 13.1. The summed E-state index contributed by atoms with van der Waals surface area (Å²) in [4.78, 5) is 30.5. The number of likely N-dealkylation sites (tertiary alicyclic amines) is 2. The molecule has 2 fully saturated rings. The molecule has 2 aromatic rings. The van der Waals surface area contributed by atoms with Gasteiger partial charge in [-0.25, -0.2) is 0 Å². The summed E-state index contributed by atoms with van der Waals surface area (Å²) in [7, 11) is 0. The van der Waals surface area contributed by atoms with Gasteiger partial charge in [-0.3, -0.25) is 19.4 Å². The van der Waals surface area contributed by atoms with Gasteiger partial charge in [0.15, 0.2) is 11.5 Å². The number of ketones is 2. The monoisotopic (exact) mass is 404 g/mol. The van der Waals surface area contributed by atoms with Crippen LogP contribution in [0.5, 0.6) is 0 Å². The van der Waals surface area contributed by atoms with Crippen molar-refractivity contribution in [2.24, 2.45) is 0 Å². The zero-order chi connectivity index (χ0) is 18.6. The van der Waals surface area contributed by atoms with Crippen LogP contribution in [0.4, 0.5) is 0 Å². The molecule has 1 aromatic heterocycles. The summed E-state index contributed by atoms with van der Waals surface area (Å²) in [6, 6.07) is 7.50. The van der Waals surface area contributed by atoms with Gasteiger partial charge in [0.25, 0.3) is 0 Å². The van der Waals surface area contributed by atoms with Crippen LogP contribution in [0, 0.1) is 0 Å². The Hall–Kier alpha value is -1.69. The number of benzene rings is 1. The van der Waals surface area contributed by atoms with E-state index in [9.17, 15) is 9.59 Å². The maximum absolute atomic E-state index is 13.1. The molecule has 0 unspecified atom stereocenters. The SMILES string of the molecule is Cl.O=C(CN1CCCCC1)c1oc2ccccc2c1C(=O)CN1CCCCC1. The second-order valence-corrected chi connectivity index (χ2v) is 7.82. The van der Waals surface area contributed by atoms with E-state index in [0.29, 0.717) is 24.2 Å². The highest BCUT2D eigenvalue weighted by atomic mass is 35.5. The van der Waals surface area contributed by atoms with Gasteiger partial charge >= 0.3 is 0 Å². The Morgan fingerprint density at radius 2 is 1.32 bits per heavy atom. The molecule has 6 heteroatoms. The third kappa shape index (κ3) is 4.65. The highest BCUT2D eigenvalue weighted by Gasteiger charge is 2.28. The van der Waals surface area contributed by atoms with Gasteiger partial charge in [-0.1, -0.05) is 31.0 Å². The molecule has 0 bridgehead atoms. The number of carbonyl (C=O) groups is 2. The number of furan rings is 1. The van der Waals surface area contributed by atoms with Crippen LogP contribution in [-0.4, -0.2) is 60.6 Å². The topological polar surface area (TPSA) is 53.8 Å². The lowest BCUT2D eigenvalue weighted by atomic mass is 10.0. The average molecular weight is 405 g/mol. The van der Waals surface area contributed by atoms with Crippen LogP contribution < -0.4 is 0 Å². The Morgan fingerprint density at radius 3 is 1.93 bits per heavy atom. The molecule has 5 nitrogen and oxygen atoms in total. The van der Waals surface area contributed by atoms with Crippen molar-refractivity contribution in [3.63, 3.8) is 0 Å². The van der Waals surface area contributed by atoms with Gasteiger partial charge in [0.2, 0.25) is 5.78 Å². The van der Waals surface area contributed by atoms with Crippen molar-refractivity contribution in [2.45, 2.75) is 38.5 Å². The number of hydrogen-bond donors (Lipinski definition) is 0. The van der Waals surface area contributed by atoms with E-state index in [2.05, 4.69) is 9.80 Å². The van der Waals surface area contributed by atoms with Crippen molar-refractivity contribution in [3.8, 4) is 0 Å². The van der Waals surface area contributed by atoms with E-state index in [4.69, 9.17) is 4.42 Å². The lowest BCUT2D eigenvalue weighted by Crippen LogP contribution is -2.36. The fourth-order valence-corrected chi connectivity index (χ4v) is 4.31. The Balaban J connectivity index is 0.00000225. The Bertz CT molecular complexity index is 820. The molecule has 0 N–H and O–H groups in total. The fourth-order valence-electron chi connectivity index (χ4n) is 4.31. The van der Waals surface area contributed by atoms with Crippen LogP contribution in [0.1, 0.15) is 59.4 Å². The molecule has 3 heterocycles. The molecule has 1 aromatic carbocycles. The first-order chi connectivity index (χ1) is 13.2. The standard InChI is InChI=1S/C22H28N2O3.ClH/c25-18(15-23-11-5-1-6-12-23)21-17-9-3-4-10-20(17)27-22(21)19(26)16-24-13-7-2-8-14-24;/h3-4,9-10H,1-2,5-8,11-16H2;1H. The Morgan fingerprint density at radius 1 is 0.786 bits per heavy atom. The molecular weight excluding hydrogens is 376 g/mol. The quantitative estimate of drug-likeness (QED) is 0.675. The van der Waals surface area contributed by atoms with E-state index in [1.807, 2.05) is 24.3 Å². The van der Waals surface area contributed by atoms with Crippen LogP contribution in [0.2, 0.25) is 0 Å². The van der Waals surface area contributed by atoms with Gasteiger partial charge in [-0.05, 0) is 57.9 Å². The predicted octanol–water partition coefficient (Wildman–Crippen LogP) is 4.19. The van der Waals surface area contributed by atoms with Crippen molar-refractivity contribution >= 4 is 34.9 Å². The molecule has 28 heavy (non-hydrogen) atoms. The molecule has 0 radical (unpaired) electrons. The number of nitrogens with zero attached hydrogens (tertiary/aromatic N) is 2. The summed E-state index contributed by atoms with van der Waals surface area (Å²) in [5.74, 6) is 0.183. The summed E-state index contributed by atoms with van der Waals surface area (Å²) >= 11 is 0. The lowest BCUT2D eigenvalue weighted by molar-refractivity contribution is 0.0863. The summed E-state index contributed by atoms with van der Waals surface area (Å²) in [6.07, 6.45) is 7.01. The second kappa shape index (κ2) is 9.68. The van der Waals surface area contributed by atoms with Crippen LogP contribution in [-0.2, 0) is 0 Å². The van der Waals surface area contributed by atoms with Crippen LogP contribution in [0.25, 0.3) is 11.0 Å². The molecule has 2 aliphatic heterocycles. The number of halogens is 1. The first kappa shape index (κ1) is 21.0. The molecule has 0 spiro atoms. The number of fused-ring (bicyclic) bond motifs is 1. The molecule has 2 saturated heterocycles. The number of Topliss-reactive ketones (excluding diaryl/α,β-unsaturated/α-hetero) is 2. The highest BCUT2D eigenvalue weighted by molar-refractivity contribution is 6.16. The summed E-state index contributed by atoms with van der Waals surface area (Å²) in [5, 5.41) is 0.765. The molecule has 0 aliphatic carbocycles. The van der Waals surface area contributed by atoms with Gasteiger partial charge in [0.05, 0.1) is 18.7 Å². The minimum Gasteiger partial charge on any atom is -0.452 e. The smallest absolute Gasteiger partial charge is 0.212 e. The van der Waals surface area contributed by atoms with E-state index < -0.39 is 0 Å². The summed E-state index contributed by atoms with van der Waals surface area (Å²) in [6.45, 7) is 4.51. The summed E-state index contributed by atoms with van der Waals surface area (Å²) < 4.78 is 5.90. The molecule has 0 atom stereocenters. The molecular formula is C22H29ClN2O3. The Labute approximate surface area is 172 Å². The van der Waals surface area contributed by atoms with Crippen molar-refractivity contribution in [2.75, 3.05) is 39.3 Å². The molecule has 0 saturated carbocycles. The van der Waals surface area contributed by atoms with Gasteiger partial charge in [0.1, 0.15) is 5.58 Å². The average Bonchev–Trinajstić information content (AvgIpc) is 3.09. The number of para-hydroxylation sites is 1. The van der Waals surface area contributed by atoms with E-state index in [1.54, 1.807) is 0 Å². The largest absolute Gasteiger partial charge is 0.452 e. The van der Waals surface area contributed by atoms with E-state index in [-0.39, 0.29) is 29.7 Å². The van der Waals surface area contributed by atoms with Crippen molar-refractivity contribution < 1.29 is 14.0 Å². The third-order valence-corrected chi connectivity index (χ3v) is 5.76. The van der Waals surface area contributed by atoms with Gasteiger partial charge in [-0.2, -0.15) is 0 Å². The number of hydrogen-bond acceptors (Lipinski definition) is 5. The molecule has 4 rings (SSSR count). The number of piperidine rings is 2. The first-order valence-corrected chi connectivity index (χ1v) is 10.2. The fraction of sp³-hybridized carbons (Fsp3) is 0.545. The zero-order valence-corrected chi connectivity index (χ0v) is 17.1. The lowest BCUT2D eigenvalue weighted by Gasteiger charge is -2.26. The maximum Gasteiger partial charge on any atom is 0.212 e. The number of carbonyl (C=O) groups excluding carboxylic acids is 2. The normalized spacial score (nSPS) is 18.7. The molecule has 0 amide bonds. The van der Waals surface area contributed by atoms with Gasteiger partial charge in [0, 0.05) is 5.39 Å². The van der Waals surface area contributed by atoms with E-state index in [1.165, 1.54) is 12.8 Å². The van der Waals surface area contributed by atoms with Gasteiger partial charge < -0.3 is 4.42 Å². The van der Waals surface area contributed by atoms with Gasteiger partial charge in [-0.15, -0.1) is 12.4 Å². The molecule has 2 aliphatic rings.